The van der Waals surface area contributed by atoms with Gasteiger partial charge in [-0.1, -0.05) is 23.4 Å². The summed E-state index contributed by atoms with van der Waals surface area (Å²) in [5, 5.41) is 10.0. The van der Waals surface area contributed by atoms with Crippen molar-refractivity contribution in [1.29, 1.82) is 0 Å². The molecule has 0 saturated carbocycles. The molecule has 1 fully saturated rings. The van der Waals surface area contributed by atoms with Crippen LogP contribution < -0.4 is 0 Å². The molecule has 21 heavy (non-hydrogen) atoms. The molecule has 0 aromatic carbocycles. The van der Waals surface area contributed by atoms with Crippen molar-refractivity contribution in [3.8, 4) is 0 Å². The minimum Gasteiger partial charge on any atom is -0.481 e. The van der Waals surface area contributed by atoms with Crippen LogP contribution >= 0.6 is 23.4 Å². The molecular formula is C13H14ClN3O3S. The van der Waals surface area contributed by atoms with E-state index in [9.17, 15) is 4.79 Å². The van der Waals surface area contributed by atoms with Crippen molar-refractivity contribution < 1.29 is 14.6 Å². The van der Waals surface area contributed by atoms with E-state index in [1.807, 2.05) is 11.5 Å². The number of thioether (sulfide) groups is 1. The first-order valence-electron chi connectivity index (χ1n) is 6.56. The van der Waals surface area contributed by atoms with Gasteiger partial charge >= 0.3 is 5.97 Å². The molecule has 0 bridgehead atoms. The highest BCUT2D eigenvalue weighted by molar-refractivity contribution is 7.99. The number of aliphatic carboxylic acids is 1. The largest absolute Gasteiger partial charge is 0.481 e. The average Bonchev–Trinajstić information content (AvgIpc) is 2.98. The van der Waals surface area contributed by atoms with Crippen molar-refractivity contribution in [2.24, 2.45) is 0 Å². The quantitative estimate of drug-likeness (QED) is 0.870. The van der Waals surface area contributed by atoms with E-state index in [1.165, 1.54) is 11.8 Å². The molecule has 0 spiro atoms. The zero-order valence-corrected chi connectivity index (χ0v) is 12.9. The fraction of sp³-hybridized carbons (Fsp3) is 0.462. The summed E-state index contributed by atoms with van der Waals surface area (Å²) in [6.07, 6.45) is 2.48. The summed E-state index contributed by atoms with van der Waals surface area (Å²) in [6, 6.07) is 1.85. The van der Waals surface area contributed by atoms with Crippen molar-refractivity contribution in [2.45, 2.75) is 30.6 Å². The van der Waals surface area contributed by atoms with Gasteiger partial charge in [0.2, 0.25) is 0 Å². The van der Waals surface area contributed by atoms with Crippen molar-refractivity contribution >= 4 is 40.5 Å². The predicted molar refractivity (Wildman–Crippen MR) is 80.0 cm³/mol. The molecule has 0 amide bonds. The molecule has 8 heteroatoms. The second kappa shape index (κ2) is 5.82. The maximum Gasteiger partial charge on any atom is 0.313 e. The molecule has 0 aliphatic carbocycles. The SMILES string of the molecule is CC1OCCC1n1c(SCC(=O)O)nc2cc(Cl)cnc21. The number of carboxylic acid groups (broad SMARTS) is 1. The molecule has 3 heterocycles. The molecule has 2 aromatic heterocycles. The van der Waals surface area contributed by atoms with E-state index in [4.69, 9.17) is 21.4 Å². The van der Waals surface area contributed by atoms with Crippen LogP contribution in [0.3, 0.4) is 0 Å². The maximum absolute atomic E-state index is 10.8. The first kappa shape index (κ1) is 14.6. The Balaban J connectivity index is 2.08. The molecule has 1 aliphatic heterocycles. The highest BCUT2D eigenvalue weighted by atomic mass is 35.5. The summed E-state index contributed by atoms with van der Waals surface area (Å²) in [7, 11) is 0. The summed E-state index contributed by atoms with van der Waals surface area (Å²) >= 11 is 7.15. The minimum absolute atomic E-state index is 0.0426. The normalized spacial score (nSPS) is 22.0. The van der Waals surface area contributed by atoms with Crippen LogP contribution in [-0.2, 0) is 9.53 Å². The van der Waals surface area contributed by atoms with Crippen LogP contribution in [0.25, 0.3) is 11.2 Å². The van der Waals surface area contributed by atoms with E-state index in [-0.39, 0.29) is 17.9 Å². The number of carboxylic acids is 1. The molecule has 6 nitrogen and oxygen atoms in total. The van der Waals surface area contributed by atoms with Crippen LogP contribution in [0, 0.1) is 0 Å². The third kappa shape index (κ3) is 2.86. The second-order valence-electron chi connectivity index (χ2n) is 4.87. The Hall–Kier alpha value is -1.31. The number of nitrogens with zero attached hydrogens (tertiary/aromatic N) is 3. The number of carbonyl (C=O) groups is 1. The second-order valence-corrected chi connectivity index (χ2v) is 6.25. The van der Waals surface area contributed by atoms with Crippen LogP contribution in [-0.4, -0.2) is 44.1 Å². The Morgan fingerprint density at radius 2 is 2.48 bits per heavy atom. The van der Waals surface area contributed by atoms with Crippen LogP contribution in [0.15, 0.2) is 17.4 Å². The molecule has 1 aliphatic rings. The fourth-order valence-corrected chi connectivity index (χ4v) is 3.45. The van der Waals surface area contributed by atoms with Gasteiger partial charge in [0.05, 0.1) is 22.9 Å². The van der Waals surface area contributed by atoms with Crippen molar-refractivity contribution in [3.05, 3.63) is 17.3 Å². The molecule has 2 unspecified atom stereocenters. The molecule has 2 atom stereocenters. The van der Waals surface area contributed by atoms with Crippen LogP contribution in [0.1, 0.15) is 19.4 Å². The average molecular weight is 328 g/mol. The van der Waals surface area contributed by atoms with E-state index >= 15 is 0 Å². The van der Waals surface area contributed by atoms with Crippen molar-refractivity contribution in [1.82, 2.24) is 14.5 Å². The smallest absolute Gasteiger partial charge is 0.313 e. The summed E-state index contributed by atoms with van der Waals surface area (Å²) in [5.74, 6) is -0.917. The Labute approximate surface area is 130 Å². The summed E-state index contributed by atoms with van der Waals surface area (Å²) in [6.45, 7) is 2.69. The number of ether oxygens (including phenoxy) is 1. The Morgan fingerprint density at radius 3 is 3.14 bits per heavy atom. The van der Waals surface area contributed by atoms with Crippen LogP contribution in [0.5, 0.6) is 0 Å². The lowest BCUT2D eigenvalue weighted by Gasteiger charge is -2.18. The van der Waals surface area contributed by atoms with E-state index in [1.54, 1.807) is 12.3 Å². The Bertz CT molecular complexity index is 691. The van der Waals surface area contributed by atoms with Gasteiger partial charge in [-0.3, -0.25) is 9.36 Å². The third-order valence-corrected chi connectivity index (χ3v) is 4.60. The lowest BCUT2D eigenvalue weighted by atomic mass is 10.1. The highest BCUT2D eigenvalue weighted by Crippen LogP contribution is 2.34. The summed E-state index contributed by atoms with van der Waals surface area (Å²) in [4.78, 5) is 19.7. The zero-order chi connectivity index (χ0) is 15.0. The zero-order valence-electron chi connectivity index (χ0n) is 11.3. The number of hydrogen-bond donors (Lipinski definition) is 1. The van der Waals surface area contributed by atoms with Gasteiger partial charge in [0.25, 0.3) is 0 Å². The molecule has 3 rings (SSSR count). The van der Waals surface area contributed by atoms with E-state index in [0.29, 0.717) is 22.3 Å². The van der Waals surface area contributed by atoms with Crippen molar-refractivity contribution in [3.63, 3.8) is 0 Å². The third-order valence-electron chi connectivity index (χ3n) is 3.46. The Morgan fingerprint density at radius 1 is 1.67 bits per heavy atom. The first-order valence-corrected chi connectivity index (χ1v) is 7.92. The van der Waals surface area contributed by atoms with Gasteiger partial charge in [0.1, 0.15) is 5.52 Å². The van der Waals surface area contributed by atoms with Gasteiger partial charge < -0.3 is 9.84 Å². The number of halogens is 1. The molecule has 1 N–H and O–H groups in total. The van der Waals surface area contributed by atoms with Gasteiger partial charge in [-0.25, -0.2) is 9.97 Å². The lowest BCUT2D eigenvalue weighted by molar-refractivity contribution is -0.133. The Kier molecular flexibility index (Phi) is 4.05. The number of hydrogen-bond acceptors (Lipinski definition) is 5. The molecule has 112 valence electrons. The topological polar surface area (TPSA) is 77.2 Å². The van der Waals surface area contributed by atoms with Gasteiger partial charge in [-0.05, 0) is 19.4 Å². The van der Waals surface area contributed by atoms with Gasteiger partial charge in [0, 0.05) is 12.8 Å². The molecule has 1 saturated heterocycles. The van der Waals surface area contributed by atoms with Crippen LogP contribution in [0.2, 0.25) is 5.02 Å². The summed E-state index contributed by atoms with van der Waals surface area (Å²) in [5.41, 5.74) is 1.39. The van der Waals surface area contributed by atoms with Crippen molar-refractivity contribution in [2.75, 3.05) is 12.4 Å². The molecule has 0 radical (unpaired) electrons. The van der Waals surface area contributed by atoms with Gasteiger partial charge in [-0.2, -0.15) is 0 Å². The van der Waals surface area contributed by atoms with Gasteiger partial charge in [0.15, 0.2) is 10.8 Å². The monoisotopic (exact) mass is 327 g/mol. The lowest BCUT2D eigenvalue weighted by Crippen LogP contribution is -2.18. The molecule has 2 aromatic rings. The van der Waals surface area contributed by atoms with Crippen LogP contribution in [0.4, 0.5) is 0 Å². The van der Waals surface area contributed by atoms with Gasteiger partial charge in [-0.15, -0.1) is 0 Å². The number of fused-ring (bicyclic) bond motifs is 1. The predicted octanol–water partition coefficient (Wildman–Crippen LogP) is 2.61. The fourth-order valence-electron chi connectivity index (χ4n) is 2.52. The number of pyridine rings is 1. The summed E-state index contributed by atoms with van der Waals surface area (Å²) < 4.78 is 7.60. The highest BCUT2D eigenvalue weighted by Gasteiger charge is 2.30. The van der Waals surface area contributed by atoms with E-state index < -0.39 is 5.97 Å². The van der Waals surface area contributed by atoms with E-state index in [2.05, 4.69) is 9.97 Å². The number of aromatic nitrogens is 3. The molecular weight excluding hydrogens is 314 g/mol. The first-order chi connectivity index (χ1) is 10.1. The number of imidazole rings is 1. The minimum atomic E-state index is -0.875. The number of rotatable bonds is 4. The van der Waals surface area contributed by atoms with E-state index in [0.717, 1.165) is 12.1 Å². The maximum atomic E-state index is 10.8. The standard InChI is InChI=1S/C13H14ClN3O3S/c1-7-10(2-3-20-7)17-12-9(4-8(14)5-15-12)16-13(17)21-6-11(18)19/h4-5,7,10H,2-3,6H2,1H3,(H,18,19).